The van der Waals surface area contributed by atoms with Crippen LogP contribution in [0, 0.1) is 0 Å². The van der Waals surface area contributed by atoms with Gasteiger partial charge >= 0.3 is 0 Å². The average molecular weight is 274 g/mol. The van der Waals surface area contributed by atoms with Gasteiger partial charge in [-0.2, -0.15) is 4.31 Å². The Morgan fingerprint density at radius 3 is 2.50 bits per heavy atom. The van der Waals surface area contributed by atoms with E-state index in [0.29, 0.717) is 5.82 Å². The van der Waals surface area contributed by atoms with Gasteiger partial charge in [0.25, 0.3) is 0 Å². The second kappa shape index (κ2) is 5.19. The molecule has 7 nitrogen and oxygen atoms in total. The summed E-state index contributed by atoms with van der Waals surface area (Å²) in [5.74, 6) is 5.52. The fraction of sp³-hybridized carbons (Fsp3) is 0.500. The van der Waals surface area contributed by atoms with Gasteiger partial charge in [0.15, 0.2) is 0 Å². The number of nitrogens with zero attached hydrogens (tertiary/aromatic N) is 2. The Labute approximate surface area is 107 Å². The molecule has 1 aromatic heterocycles. The molecule has 8 heteroatoms. The van der Waals surface area contributed by atoms with E-state index in [-0.39, 0.29) is 11.4 Å². The second-order valence-electron chi connectivity index (χ2n) is 4.60. The molecule has 18 heavy (non-hydrogen) atoms. The molecule has 0 saturated carbocycles. The van der Waals surface area contributed by atoms with Crippen molar-refractivity contribution in [2.24, 2.45) is 5.84 Å². The number of hydrogen-bond donors (Lipinski definition) is 3. The van der Waals surface area contributed by atoms with Crippen LogP contribution in [0.2, 0.25) is 0 Å². The SMILES string of the molecule is CN(CC(C)(C)O)S(=O)(=O)c1ccc(NN)nc1. The standard InChI is InChI=1S/C10H18N4O3S/c1-10(2,15)7-14(3)18(16,17)8-4-5-9(13-11)12-6-8/h4-6,15H,7,11H2,1-3H3,(H,12,13). The molecule has 0 bridgehead atoms. The molecule has 1 rings (SSSR count). The van der Waals surface area contributed by atoms with Crippen molar-refractivity contribution < 1.29 is 13.5 Å². The highest BCUT2D eigenvalue weighted by Crippen LogP contribution is 2.16. The van der Waals surface area contributed by atoms with Gasteiger partial charge in [-0.05, 0) is 26.0 Å². The summed E-state index contributed by atoms with van der Waals surface area (Å²) in [4.78, 5) is 3.89. The number of nitrogens with two attached hydrogens (primary N) is 1. The van der Waals surface area contributed by atoms with Gasteiger partial charge in [0.05, 0.1) is 5.60 Å². The van der Waals surface area contributed by atoms with Crippen LogP contribution in [-0.4, -0.2) is 42.0 Å². The number of pyridine rings is 1. The molecule has 0 atom stereocenters. The van der Waals surface area contributed by atoms with Crippen molar-refractivity contribution in [3.05, 3.63) is 18.3 Å². The van der Waals surface area contributed by atoms with Gasteiger partial charge in [-0.15, -0.1) is 0 Å². The normalized spacial score (nSPS) is 12.8. The largest absolute Gasteiger partial charge is 0.389 e. The number of aliphatic hydroxyl groups is 1. The Bertz CT molecular complexity index is 493. The highest BCUT2D eigenvalue weighted by Gasteiger charge is 2.26. The molecule has 0 amide bonds. The summed E-state index contributed by atoms with van der Waals surface area (Å²) in [5.41, 5.74) is 1.21. The minimum absolute atomic E-state index is 0.00771. The van der Waals surface area contributed by atoms with Gasteiger partial charge in [0.2, 0.25) is 10.0 Å². The molecule has 0 saturated heterocycles. The lowest BCUT2D eigenvalue weighted by Gasteiger charge is -2.24. The number of nitrogens with one attached hydrogen (secondary N) is 1. The summed E-state index contributed by atoms with van der Waals surface area (Å²) < 4.78 is 25.3. The van der Waals surface area contributed by atoms with E-state index in [1.807, 2.05) is 0 Å². The lowest BCUT2D eigenvalue weighted by atomic mass is 10.1. The third-order valence-electron chi connectivity index (χ3n) is 2.20. The predicted molar refractivity (Wildman–Crippen MR) is 68.2 cm³/mol. The number of anilines is 1. The Kier molecular flexibility index (Phi) is 4.28. The number of nitrogen functional groups attached to an aromatic ring is 1. The fourth-order valence-corrected chi connectivity index (χ4v) is 2.70. The molecule has 0 unspecified atom stereocenters. The van der Waals surface area contributed by atoms with Crippen LogP contribution in [0.4, 0.5) is 5.82 Å². The van der Waals surface area contributed by atoms with E-state index in [0.717, 1.165) is 4.31 Å². The van der Waals surface area contributed by atoms with Gasteiger partial charge in [-0.1, -0.05) is 0 Å². The third-order valence-corrected chi connectivity index (χ3v) is 3.99. The van der Waals surface area contributed by atoms with Crippen molar-refractivity contribution >= 4 is 15.8 Å². The topological polar surface area (TPSA) is 109 Å². The smallest absolute Gasteiger partial charge is 0.244 e. The summed E-state index contributed by atoms with van der Waals surface area (Å²) in [6, 6.07) is 2.86. The zero-order chi connectivity index (χ0) is 14.0. The Hall–Kier alpha value is -1.22. The summed E-state index contributed by atoms with van der Waals surface area (Å²) >= 11 is 0. The first-order valence-electron chi connectivity index (χ1n) is 5.28. The van der Waals surface area contributed by atoms with E-state index < -0.39 is 15.6 Å². The van der Waals surface area contributed by atoms with Crippen LogP contribution in [0.25, 0.3) is 0 Å². The van der Waals surface area contributed by atoms with Gasteiger partial charge < -0.3 is 10.5 Å². The molecule has 0 radical (unpaired) electrons. The molecule has 0 spiro atoms. The molecule has 0 aliphatic carbocycles. The first-order valence-corrected chi connectivity index (χ1v) is 6.72. The lowest BCUT2D eigenvalue weighted by molar-refractivity contribution is 0.0640. The molecular weight excluding hydrogens is 256 g/mol. The molecule has 0 fully saturated rings. The van der Waals surface area contributed by atoms with Gasteiger partial charge in [0.1, 0.15) is 10.7 Å². The molecular formula is C10H18N4O3S. The van der Waals surface area contributed by atoms with Crippen molar-refractivity contribution in [1.29, 1.82) is 0 Å². The number of sulfonamides is 1. The quantitative estimate of drug-likeness (QED) is 0.505. The van der Waals surface area contributed by atoms with Crippen molar-refractivity contribution in [2.75, 3.05) is 19.0 Å². The maximum Gasteiger partial charge on any atom is 0.244 e. The molecule has 1 aromatic rings. The number of aromatic nitrogens is 1. The second-order valence-corrected chi connectivity index (χ2v) is 6.64. The van der Waals surface area contributed by atoms with Crippen LogP contribution in [-0.2, 0) is 10.0 Å². The van der Waals surface area contributed by atoms with E-state index in [1.54, 1.807) is 13.8 Å². The van der Waals surface area contributed by atoms with Gasteiger partial charge in [0, 0.05) is 19.8 Å². The number of hydrazine groups is 1. The highest BCUT2D eigenvalue weighted by atomic mass is 32.2. The molecule has 4 N–H and O–H groups in total. The maximum absolute atomic E-state index is 12.1. The van der Waals surface area contributed by atoms with Crippen molar-refractivity contribution in [3.63, 3.8) is 0 Å². The van der Waals surface area contributed by atoms with E-state index >= 15 is 0 Å². The predicted octanol–water partition coefficient (Wildman–Crippen LogP) is -0.241. The first-order chi connectivity index (χ1) is 8.16. The average Bonchev–Trinajstić information content (AvgIpc) is 2.27. The van der Waals surface area contributed by atoms with Crippen LogP contribution < -0.4 is 11.3 Å². The van der Waals surface area contributed by atoms with E-state index in [2.05, 4.69) is 10.4 Å². The van der Waals surface area contributed by atoms with E-state index in [1.165, 1.54) is 25.4 Å². The van der Waals surface area contributed by atoms with Crippen LogP contribution in [0.15, 0.2) is 23.2 Å². The third kappa shape index (κ3) is 3.64. The van der Waals surface area contributed by atoms with Gasteiger partial charge in [-0.3, -0.25) is 0 Å². The van der Waals surface area contributed by atoms with E-state index in [4.69, 9.17) is 5.84 Å². The first kappa shape index (κ1) is 14.8. The van der Waals surface area contributed by atoms with Crippen molar-refractivity contribution in [2.45, 2.75) is 24.3 Å². The molecule has 0 aliphatic rings. The molecule has 1 heterocycles. The fourth-order valence-electron chi connectivity index (χ4n) is 1.43. The zero-order valence-electron chi connectivity index (χ0n) is 10.6. The Morgan fingerprint density at radius 2 is 2.11 bits per heavy atom. The van der Waals surface area contributed by atoms with Crippen LogP contribution in [0.5, 0.6) is 0 Å². The summed E-state index contributed by atoms with van der Waals surface area (Å²) in [6.07, 6.45) is 1.21. The lowest BCUT2D eigenvalue weighted by Crippen LogP contribution is -2.39. The van der Waals surface area contributed by atoms with Crippen molar-refractivity contribution in [3.8, 4) is 0 Å². The van der Waals surface area contributed by atoms with E-state index in [9.17, 15) is 13.5 Å². The minimum Gasteiger partial charge on any atom is -0.389 e. The Balaban J connectivity index is 2.98. The summed E-state index contributed by atoms with van der Waals surface area (Å²) in [7, 11) is -2.25. The zero-order valence-corrected chi connectivity index (χ0v) is 11.4. The van der Waals surface area contributed by atoms with Crippen LogP contribution in [0.1, 0.15) is 13.8 Å². The van der Waals surface area contributed by atoms with Crippen molar-refractivity contribution in [1.82, 2.24) is 9.29 Å². The molecule has 0 aliphatic heterocycles. The summed E-state index contributed by atoms with van der Waals surface area (Å²) in [6.45, 7) is 3.07. The minimum atomic E-state index is -3.65. The van der Waals surface area contributed by atoms with Crippen LogP contribution in [0.3, 0.4) is 0 Å². The summed E-state index contributed by atoms with van der Waals surface area (Å²) in [5, 5.41) is 9.63. The number of likely N-dealkylation sites (N-methyl/N-ethyl adjacent to an activating group) is 1. The molecule has 0 aromatic carbocycles. The monoisotopic (exact) mass is 274 g/mol. The number of hydrogen-bond acceptors (Lipinski definition) is 6. The highest BCUT2D eigenvalue weighted by molar-refractivity contribution is 7.89. The number of rotatable bonds is 5. The Morgan fingerprint density at radius 1 is 1.50 bits per heavy atom. The molecule has 102 valence electrons. The van der Waals surface area contributed by atoms with Gasteiger partial charge in [-0.25, -0.2) is 19.2 Å². The van der Waals surface area contributed by atoms with Crippen LogP contribution >= 0.6 is 0 Å². The maximum atomic E-state index is 12.1.